The molecule has 0 atom stereocenters. The van der Waals surface area contributed by atoms with E-state index in [1.165, 1.54) is 6.07 Å². The number of fused-ring (bicyclic) bond motifs is 1. The molecule has 0 radical (unpaired) electrons. The normalized spacial score (nSPS) is 12.3. The third-order valence-corrected chi connectivity index (χ3v) is 2.94. The second-order valence-electron chi connectivity index (χ2n) is 5.64. The Morgan fingerprint density at radius 3 is 2.50 bits per heavy atom. The van der Waals surface area contributed by atoms with Crippen molar-refractivity contribution in [1.82, 2.24) is 10.3 Å². The number of hydrogen-bond donors (Lipinski definition) is 2. The highest BCUT2D eigenvalue weighted by atomic mass is 19.1. The quantitative estimate of drug-likeness (QED) is 0.839. The molecule has 4 heteroatoms. The first-order chi connectivity index (χ1) is 8.28. The second kappa shape index (κ2) is 4.35. The van der Waals surface area contributed by atoms with E-state index in [0.717, 1.165) is 17.3 Å². The van der Waals surface area contributed by atoms with E-state index in [2.05, 4.69) is 31.1 Å². The summed E-state index contributed by atoms with van der Waals surface area (Å²) >= 11 is 0. The second-order valence-corrected chi connectivity index (χ2v) is 5.64. The molecule has 1 aromatic carbocycles. The van der Waals surface area contributed by atoms with Crippen LogP contribution in [0.3, 0.4) is 0 Å². The maximum Gasteiger partial charge on any atom is 0.150 e. The van der Waals surface area contributed by atoms with Crippen LogP contribution < -0.4 is 5.32 Å². The van der Waals surface area contributed by atoms with E-state index in [-0.39, 0.29) is 5.54 Å². The molecule has 0 aliphatic heterocycles. The predicted molar refractivity (Wildman–Crippen MR) is 69.5 cm³/mol. The van der Waals surface area contributed by atoms with Gasteiger partial charge in [-0.3, -0.25) is 0 Å². The minimum atomic E-state index is -0.546. The van der Waals surface area contributed by atoms with Crippen LogP contribution in [0.2, 0.25) is 0 Å². The number of nitrogens with one attached hydrogen (secondary N) is 2. The summed E-state index contributed by atoms with van der Waals surface area (Å²) in [6, 6.07) is 2.28. The summed E-state index contributed by atoms with van der Waals surface area (Å²) in [4.78, 5) is 2.98. The van der Waals surface area contributed by atoms with Gasteiger partial charge in [0, 0.05) is 29.2 Å². The molecule has 18 heavy (non-hydrogen) atoms. The van der Waals surface area contributed by atoms with Gasteiger partial charge in [-0.25, -0.2) is 8.78 Å². The van der Waals surface area contributed by atoms with Gasteiger partial charge in [0.05, 0.1) is 5.52 Å². The molecule has 2 rings (SSSR count). The highest BCUT2D eigenvalue weighted by Gasteiger charge is 2.15. The summed E-state index contributed by atoms with van der Waals surface area (Å²) < 4.78 is 26.9. The van der Waals surface area contributed by atoms with Crippen molar-refractivity contribution in [3.8, 4) is 0 Å². The molecule has 0 saturated carbocycles. The lowest BCUT2D eigenvalue weighted by atomic mass is 10.1. The van der Waals surface area contributed by atoms with Crippen molar-refractivity contribution < 1.29 is 8.78 Å². The summed E-state index contributed by atoms with van der Waals surface area (Å²) in [7, 11) is 0. The molecule has 2 nitrogen and oxygen atoms in total. The third kappa shape index (κ3) is 2.53. The van der Waals surface area contributed by atoms with E-state index in [1.807, 2.05) is 6.92 Å². The summed E-state index contributed by atoms with van der Waals surface area (Å²) in [6.45, 7) is 8.62. The lowest BCUT2D eigenvalue weighted by Crippen LogP contribution is -2.35. The Hall–Kier alpha value is -1.42. The smallest absolute Gasteiger partial charge is 0.150 e. The number of aryl methyl sites for hydroxylation is 1. The summed E-state index contributed by atoms with van der Waals surface area (Å²) in [6.07, 6.45) is 0. The first-order valence-electron chi connectivity index (χ1n) is 5.99. The zero-order valence-electron chi connectivity index (χ0n) is 11.1. The van der Waals surface area contributed by atoms with Gasteiger partial charge in [-0.1, -0.05) is 0 Å². The Morgan fingerprint density at radius 2 is 1.89 bits per heavy atom. The van der Waals surface area contributed by atoms with Crippen molar-refractivity contribution in [3.63, 3.8) is 0 Å². The molecule has 0 aliphatic carbocycles. The van der Waals surface area contributed by atoms with E-state index in [1.54, 1.807) is 0 Å². The Morgan fingerprint density at radius 1 is 1.22 bits per heavy atom. The van der Waals surface area contributed by atoms with Crippen LogP contribution in [0.4, 0.5) is 8.78 Å². The molecule has 2 N–H and O–H groups in total. The Bertz CT molecular complexity index is 579. The molecular formula is C14H18F2N2. The average Bonchev–Trinajstić information content (AvgIpc) is 2.51. The highest BCUT2D eigenvalue weighted by Crippen LogP contribution is 2.25. The van der Waals surface area contributed by atoms with Crippen molar-refractivity contribution in [1.29, 1.82) is 0 Å². The largest absolute Gasteiger partial charge is 0.356 e. The van der Waals surface area contributed by atoms with Crippen LogP contribution in [-0.2, 0) is 6.54 Å². The zero-order chi connectivity index (χ0) is 13.5. The topological polar surface area (TPSA) is 27.8 Å². The van der Waals surface area contributed by atoms with E-state index < -0.39 is 11.6 Å². The van der Waals surface area contributed by atoms with Crippen molar-refractivity contribution in [2.24, 2.45) is 0 Å². The third-order valence-electron chi connectivity index (χ3n) is 2.94. The maximum absolute atomic E-state index is 13.6. The summed E-state index contributed by atoms with van der Waals surface area (Å²) in [5.41, 5.74) is 2.12. The molecule has 0 saturated heterocycles. The summed E-state index contributed by atoms with van der Waals surface area (Å²) in [5, 5.41) is 3.94. The molecule has 2 aromatic rings. The molecule has 1 aromatic heterocycles. The fourth-order valence-corrected chi connectivity index (χ4v) is 1.98. The van der Waals surface area contributed by atoms with Crippen LogP contribution in [0, 0.1) is 18.6 Å². The SMILES string of the molecule is Cc1[nH]c2c(F)cc(F)cc2c1CNC(C)(C)C. The molecule has 0 unspecified atom stereocenters. The first-order valence-corrected chi connectivity index (χ1v) is 5.99. The number of aromatic amines is 1. The van der Waals surface area contributed by atoms with E-state index >= 15 is 0 Å². The number of H-pyrrole nitrogens is 1. The minimum absolute atomic E-state index is 0.0398. The van der Waals surface area contributed by atoms with Crippen LogP contribution in [0.25, 0.3) is 10.9 Å². The van der Waals surface area contributed by atoms with Gasteiger partial charge in [0.15, 0.2) is 0 Å². The van der Waals surface area contributed by atoms with Crippen molar-refractivity contribution in [2.45, 2.75) is 39.8 Å². The number of hydrogen-bond acceptors (Lipinski definition) is 1. The van der Waals surface area contributed by atoms with Gasteiger partial charge in [-0.15, -0.1) is 0 Å². The monoisotopic (exact) mass is 252 g/mol. The van der Waals surface area contributed by atoms with Crippen molar-refractivity contribution in [2.75, 3.05) is 0 Å². The van der Waals surface area contributed by atoms with Gasteiger partial charge in [0.1, 0.15) is 11.6 Å². The van der Waals surface area contributed by atoms with Gasteiger partial charge in [0.2, 0.25) is 0 Å². The molecule has 0 spiro atoms. The predicted octanol–water partition coefficient (Wildman–Crippen LogP) is 3.64. The molecule has 0 aliphatic rings. The Kier molecular flexibility index (Phi) is 3.15. The van der Waals surface area contributed by atoms with Gasteiger partial charge in [-0.2, -0.15) is 0 Å². The zero-order valence-corrected chi connectivity index (χ0v) is 11.1. The standard InChI is InChI=1S/C14H18F2N2/c1-8-11(7-17-14(2,3)4)10-5-9(15)6-12(16)13(10)18-8/h5-6,17-18H,7H2,1-4H3. The fraction of sp³-hybridized carbons (Fsp3) is 0.429. The maximum atomic E-state index is 13.6. The summed E-state index contributed by atoms with van der Waals surface area (Å²) in [5.74, 6) is -1.09. The Balaban J connectivity index is 2.47. The number of rotatable bonds is 2. The van der Waals surface area contributed by atoms with Crippen LogP contribution >= 0.6 is 0 Å². The van der Waals surface area contributed by atoms with Crippen molar-refractivity contribution >= 4 is 10.9 Å². The number of aromatic nitrogens is 1. The van der Waals surface area contributed by atoms with Crippen LogP contribution in [-0.4, -0.2) is 10.5 Å². The minimum Gasteiger partial charge on any atom is -0.356 e. The number of halogens is 2. The molecule has 0 fully saturated rings. The first kappa shape index (κ1) is 13.0. The fourth-order valence-electron chi connectivity index (χ4n) is 1.98. The average molecular weight is 252 g/mol. The van der Waals surface area contributed by atoms with Gasteiger partial charge >= 0.3 is 0 Å². The molecule has 0 bridgehead atoms. The molecular weight excluding hydrogens is 234 g/mol. The number of benzene rings is 1. The van der Waals surface area contributed by atoms with E-state index in [4.69, 9.17) is 0 Å². The highest BCUT2D eigenvalue weighted by molar-refractivity contribution is 5.85. The molecule has 98 valence electrons. The lowest BCUT2D eigenvalue weighted by Gasteiger charge is -2.20. The van der Waals surface area contributed by atoms with E-state index in [9.17, 15) is 8.78 Å². The van der Waals surface area contributed by atoms with Crippen LogP contribution in [0.15, 0.2) is 12.1 Å². The lowest BCUT2D eigenvalue weighted by molar-refractivity contribution is 0.424. The van der Waals surface area contributed by atoms with Gasteiger partial charge in [0.25, 0.3) is 0 Å². The molecule has 0 amide bonds. The van der Waals surface area contributed by atoms with Crippen molar-refractivity contribution in [3.05, 3.63) is 35.0 Å². The van der Waals surface area contributed by atoms with E-state index in [0.29, 0.717) is 17.4 Å². The van der Waals surface area contributed by atoms with Gasteiger partial charge in [-0.05, 0) is 39.3 Å². The van der Waals surface area contributed by atoms with Gasteiger partial charge < -0.3 is 10.3 Å². The molecule has 1 heterocycles. The van der Waals surface area contributed by atoms with Crippen LogP contribution in [0.1, 0.15) is 32.0 Å². The van der Waals surface area contributed by atoms with Crippen LogP contribution in [0.5, 0.6) is 0 Å². The Labute approximate surface area is 105 Å².